The van der Waals surface area contributed by atoms with Gasteiger partial charge in [0.1, 0.15) is 11.6 Å². The standard InChI is InChI=1S/C12H7Cl2F2N/c13-8-2-1-3-11(12(8)14)17-10-5-4-7(15)6-9(10)16/h1-6,17H. The second kappa shape index (κ2) is 4.90. The van der Waals surface area contributed by atoms with Gasteiger partial charge < -0.3 is 5.32 Å². The molecular formula is C12H7Cl2F2N. The van der Waals surface area contributed by atoms with Crippen molar-refractivity contribution in [1.29, 1.82) is 0 Å². The third kappa shape index (κ3) is 2.68. The van der Waals surface area contributed by atoms with Gasteiger partial charge in [0.15, 0.2) is 0 Å². The highest BCUT2D eigenvalue weighted by Crippen LogP contribution is 2.32. The molecule has 0 atom stereocenters. The van der Waals surface area contributed by atoms with E-state index in [4.69, 9.17) is 23.2 Å². The van der Waals surface area contributed by atoms with Gasteiger partial charge >= 0.3 is 0 Å². The Hall–Kier alpha value is -1.32. The molecule has 0 spiro atoms. The van der Waals surface area contributed by atoms with Gasteiger partial charge in [-0.3, -0.25) is 0 Å². The summed E-state index contributed by atoms with van der Waals surface area (Å²) in [5.41, 5.74) is 0.597. The van der Waals surface area contributed by atoms with Crippen LogP contribution in [0.4, 0.5) is 20.2 Å². The molecule has 0 aliphatic heterocycles. The van der Waals surface area contributed by atoms with Crippen molar-refractivity contribution in [3.8, 4) is 0 Å². The Morgan fingerprint density at radius 1 is 0.941 bits per heavy atom. The monoisotopic (exact) mass is 273 g/mol. The van der Waals surface area contributed by atoms with E-state index < -0.39 is 11.6 Å². The lowest BCUT2D eigenvalue weighted by molar-refractivity contribution is 0.586. The summed E-state index contributed by atoms with van der Waals surface area (Å²) in [6.45, 7) is 0. The van der Waals surface area contributed by atoms with Gasteiger partial charge in [0.25, 0.3) is 0 Å². The first-order valence-electron chi connectivity index (χ1n) is 4.74. The van der Waals surface area contributed by atoms with Crippen LogP contribution in [0.1, 0.15) is 0 Å². The number of hydrogen-bond donors (Lipinski definition) is 1. The maximum atomic E-state index is 13.4. The lowest BCUT2D eigenvalue weighted by Gasteiger charge is -2.10. The zero-order valence-corrected chi connectivity index (χ0v) is 9.99. The zero-order chi connectivity index (χ0) is 12.4. The highest BCUT2D eigenvalue weighted by Gasteiger charge is 2.08. The average Bonchev–Trinajstić information content (AvgIpc) is 2.28. The van der Waals surface area contributed by atoms with Crippen molar-refractivity contribution in [2.45, 2.75) is 0 Å². The molecule has 88 valence electrons. The minimum atomic E-state index is -0.693. The van der Waals surface area contributed by atoms with E-state index >= 15 is 0 Å². The van der Waals surface area contributed by atoms with E-state index in [1.54, 1.807) is 18.2 Å². The number of halogens is 4. The van der Waals surface area contributed by atoms with Crippen LogP contribution in [0.25, 0.3) is 0 Å². The summed E-state index contributed by atoms with van der Waals surface area (Å²) in [4.78, 5) is 0. The van der Waals surface area contributed by atoms with Gasteiger partial charge in [-0.25, -0.2) is 8.78 Å². The van der Waals surface area contributed by atoms with Crippen LogP contribution in [-0.2, 0) is 0 Å². The van der Waals surface area contributed by atoms with E-state index in [-0.39, 0.29) is 10.7 Å². The number of benzene rings is 2. The van der Waals surface area contributed by atoms with Crippen LogP contribution in [0.15, 0.2) is 36.4 Å². The van der Waals surface area contributed by atoms with Crippen LogP contribution in [0, 0.1) is 11.6 Å². The molecule has 0 aliphatic rings. The quantitative estimate of drug-likeness (QED) is 0.811. The molecule has 0 amide bonds. The number of anilines is 2. The fourth-order valence-electron chi connectivity index (χ4n) is 1.34. The largest absolute Gasteiger partial charge is 0.352 e. The summed E-state index contributed by atoms with van der Waals surface area (Å²) in [6, 6.07) is 8.19. The lowest BCUT2D eigenvalue weighted by atomic mass is 10.2. The summed E-state index contributed by atoms with van der Waals surface area (Å²) < 4.78 is 26.1. The molecule has 2 aromatic rings. The highest BCUT2D eigenvalue weighted by atomic mass is 35.5. The molecule has 0 unspecified atom stereocenters. The van der Waals surface area contributed by atoms with Crippen molar-refractivity contribution < 1.29 is 8.78 Å². The van der Waals surface area contributed by atoms with Crippen LogP contribution in [0.3, 0.4) is 0 Å². The molecule has 0 saturated carbocycles. The number of hydrogen-bond acceptors (Lipinski definition) is 1. The smallest absolute Gasteiger partial charge is 0.149 e. The van der Waals surface area contributed by atoms with Gasteiger partial charge in [0.05, 0.1) is 21.4 Å². The summed E-state index contributed by atoms with van der Waals surface area (Å²) >= 11 is 11.8. The first-order valence-corrected chi connectivity index (χ1v) is 5.49. The summed E-state index contributed by atoms with van der Waals surface area (Å²) in [7, 11) is 0. The molecule has 17 heavy (non-hydrogen) atoms. The van der Waals surface area contributed by atoms with Gasteiger partial charge in [-0.05, 0) is 24.3 Å². The third-order valence-electron chi connectivity index (χ3n) is 2.15. The zero-order valence-electron chi connectivity index (χ0n) is 8.48. The molecule has 0 aromatic heterocycles. The fourth-order valence-corrected chi connectivity index (χ4v) is 1.68. The van der Waals surface area contributed by atoms with Crippen molar-refractivity contribution >= 4 is 34.6 Å². The fraction of sp³-hybridized carbons (Fsp3) is 0. The molecule has 0 heterocycles. The van der Waals surface area contributed by atoms with E-state index in [1.165, 1.54) is 6.07 Å². The minimum Gasteiger partial charge on any atom is -0.352 e. The van der Waals surface area contributed by atoms with Gasteiger partial charge in [-0.2, -0.15) is 0 Å². The van der Waals surface area contributed by atoms with Crippen LogP contribution < -0.4 is 5.32 Å². The van der Waals surface area contributed by atoms with E-state index in [2.05, 4.69) is 5.32 Å². The number of nitrogens with one attached hydrogen (secondary N) is 1. The van der Waals surface area contributed by atoms with E-state index in [0.717, 1.165) is 12.1 Å². The second-order valence-corrected chi connectivity index (χ2v) is 4.14. The topological polar surface area (TPSA) is 12.0 Å². The molecule has 2 aromatic carbocycles. The van der Waals surface area contributed by atoms with E-state index in [0.29, 0.717) is 10.7 Å². The molecule has 0 saturated heterocycles. The van der Waals surface area contributed by atoms with Gasteiger partial charge in [-0.15, -0.1) is 0 Å². The lowest BCUT2D eigenvalue weighted by Crippen LogP contribution is -1.95. The summed E-state index contributed by atoms with van der Waals surface area (Å²) in [5, 5.41) is 3.40. The summed E-state index contributed by atoms with van der Waals surface area (Å²) in [6.07, 6.45) is 0. The average molecular weight is 274 g/mol. The molecule has 2 rings (SSSR count). The molecule has 0 aliphatic carbocycles. The Kier molecular flexibility index (Phi) is 3.50. The predicted octanol–water partition coefficient (Wildman–Crippen LogP) is 5.02. The number of rotatable bonds is 2. The van der Waals surface area contributed by atoms with E-state index in [1.807, 2.05) is 0 Å². The van der Waals surface area contributed by atoms with Crippen molar-refractivity contribution in [1.82, 2.24) is 0 Å². The Morgan fingerprint density at radius 2 is 1.71 bits per heavy atom. The minimum absolute atomic E-state index is 0.135. The normalized spacial score (nSPS) is 10.4. The Labute approximate surface area is 107 Å². The summed E-state index contributed by atoms with van der Waals surface area (Å²) in [5.74, 6) is -1.33. The van der Waals surface area contributed by atoms with Crippen LogP contribution in [-0.4, -0.2) is 0 Å². The van der Waals surface area contributed by atoms with Gasteiger partial charge in [0.2, 0.25) is 0 Å². The van der Waals surface area contributed by atoms with Crippen molar-refractivity contribution in [2.75, 3.05) is 5.32 Å². The van der Waals surface area contributed by atoms with Crippen LogP contribution >= 0.6 is 23.2 Å². The highest BCUT2D eigenvalue weighted by molar-refractivity contribution is 6.43. The van der Waals surface area contributed by atoms with Gasteiger partial charge in [-0.1, -0.05) is 29.3 Å². The first-order chi connectivity index (χ1) is 8.08. The molecule has 0 bridgehead atoms. The Morgan fingerprint density at radius 3 is 2.41 bits per heavy atom. The third-order valence-corrected chi connectivity index (χ3v) is 2.97. The second-order valence-electron chi connectivity index (χ2n) is 3.35. The maximum absolute atomic E-state index is 13.4. The van der Waals surface area contributed by atoms with Gasteiger partial charge in [0, 0.05) is 6.07 Å². The Balaban J connectivity index is 2.35. The molecule has 0 fully saturated rings. The predicted molar refractivity (Wildman–Crippen MR) is 66.1 cm³/mol. The van der Waals surface area contributed by atoms with Crippen molar-refractivity contribution in [3.05, 3.63) is 58.1 Å². The Bertz CT molecular complexity index is 558. The maximum Gasteiger partial charge on any atom is 0.149 e. The van der Waals surface area contributed by atoms with Crippen LogP contribution in [0.2, 0.25) is 10.0 Å². The van der Waals surface area contributed by atoms with E-state index in [9.17, 15) is 8.78 Å². The molecule has 1 nitrogen and oxygen atoms in total. The van der Waals surface area contributed by atoms with Crippen molar-refractivity contribution in [3.63, 3.8) is 0 Å². The molecule has 1 N–H and O–H groups in total. The van der Waals surface area contributed by atoms with Crippen molar-refractivity contribution in [2.24, 2.45) is 0 Å². The molecular weight excluding hydrogens is 267 g/mol. The molecule has 0 radical (unpaired) electrons. The first kappa shape index (κ1) is 12.1. The molecule has 5 heteroatoms. The van der Waals surface area contributed by atoms with Crippen LogP contribution in [0.5, 0.6) is 0 Å². The SMILES string of the molecule is Fc1ccc(Nc2cccc(Cl)c2Cl)c(F)c1.